The summed E-state index contributed by atoms with van der Waals surface area (Å²) < 4.78 is 24.0. The van der Waals surface area contributed by atoms with Gasteiger partial charge in [0.25, 0.3) is 0 Å². The fourth-order valence-electron chi connectivity index (χ4n) is 3.16. The van der Waals surface area contributed by atoms with E-state index >= 15 is 0 Å². The van der Waals surface area contributed by atoms with Crippen LogP contribution >= 0.6 is 28.3 Å². The lowest BCUT2D eigenvalue weighted by Crippen LogP contribution is -2.04. The van der Waals surface area contributed by atoms with Crippen LogP contribution in [-0.4, -0.2) is 30.7 Å². The quantitative estimate of drug-likeness (QED) is 0.359. The van der Waals surface area contributed by atoms with E-state index in [0.29, 0.717) is 0 Å². The average molecular weight is 478 g/mol. The molecule has 152 valence electrons. The van der Waals surface area contributed by atoms with Crippen molar-refractivity contribution in [2.45, 2.75) is 6.42 Å². The molecule has 29 heavy (non-hydrogen) atoms. The van der Waals surface area contributed by atoms with Gasteiger partial charge in [-0.25, -0.2) is 9.37 Å². The second kappa shape index (κ2) is 9.28. The zero-order chi connectivity index (χ0) is 19.5. The lowest BCUT2D eigenvalue weighted by molar-refractivity contribution is 0.395. The number of anilines is 1. The molecule has 0 unspecified atom stereocenters. The van der Waals surface area contributed by atoms with E-state index in [1.807, 2.05) is 35.8 Å². The number of nitrogens with zero attached hydrogens (tertiary/aromatic N) is 1. The summed E-state index contributed by atoms with van der Waals surface area (Å²) in [5, 5.41) is 7.26. The van der Waals surface area contributed by atoms with Crippen molar-refractivity contribution in [1.29, 1.82) is 0 Å². The van der Waals surface area contributed by atoms with Crippen molar-refractivity contribution < 1.29 is 13.9 Å². The number of thiazole rings is 1. The molecule has 0 aliphatic rings. The second-order valence-electron chi connectivity index (χ2n) is 6.28. The minimum atomic E-state index is -0.233. The zero-order valence-corrected chi connectivity index (χ0v) is 18.5. The highest BCUT2D eigenvalue weighted by molar-refractivity contribution is 8.93. The Kier molecular flexibility index (Phi) is 6.76. The Morgan fingerprint density at radius 3 is 2.79 bits per heavy atom. The zero-order valence-electron chi connectivity index (χ0n) is 16.0. The van der Waals surface area contributed by atoms with Crippen LogP contribution < -0.4 is 14.8 Å². The summed E-state index contributed by atoms with van der Waals surface area (Å²) in [7, 11) is 3.26. The Morgan fingerprint density at radius 1 is 1.14 bits per heavy atom. The standard InChI is InChI=1S/C21H20FN3O2S.BrH/c1-26-15-4-6-17(20(10-15)27-2)19-12-28-21(25-19)23-8-7-13-11-24-18-9-14(22)3-5-16(13)18;/h3-6,9-12,24H,7-8H2,1-2H3,(H,23,25);1H. The summed E-state index contributed by atoms with van der Waals surface area (Å²) in [5.41, 5.74) is 3.75. The number of benzene rings is 2. The number of halogens is 2. The molecule has 8 heteroatoms. The van der Waals surface area contributed by atoms with Gasteiger partial charge in [-0.3, -0.25) is 0 Å². The molecule has 0 radical (unpaired) electrons. The van der Waals surface area contributed by atoms with Gasteiger partial charge in [0.2, 0.25) is 0 Å². The highest BCUT2D eigenvalue weighted by Gasteiger charge is 2.11. The third-order valence-corrected chi connectivity index (χ3v) is 5.39. The van der Waals surface area contributed by atoms with E-state index in [1.165, 1.54) is 12.1 Å². The van der Waals surface area contributed by atoms with Gasteiger partial charge in [-0.15, -0.1) is 28.3 Å². The van der Waals surface area contributed by atoms with Gasteiger partial charge in [0.1, 0.15) is 17.3 Å². The number of rotatable bonds is 7. The van der Waals surface area contributed by atoms with Crippen molar-refractivity contribution in [1.82, 2.24) is 9.97 Å². The molecule has 4 aromatic rings. The lowest BCUT2D eigenvalue weighted by Gasteiger charge is -2.08. The second-order valence-corrected chi connectivity index (χ2v) is 7.14. The molecule has 0 atom stereocenters. The van der Waals surface area contributed by atoms with E-state index < -0.39 is 0 Å². The third-order valence-electron chi connectivity index (χ3n) is 4.59. The predicted octanol–water partition coefficient (Wildman–Crippen LogP) is 5.68. The van der Waals surface area contributed by atoms with Gasteiger partial charge in [-0.1, -0.05) is 0 Å². The molecule has 4 rings (SSSR count). The first kappa shape index (κ1) is 21.1. The number of hydrogen-bond acceptors (Lipinski definition) is 5. The molecular formula is C21H21BrFN3O2S. The number of fused-ring (bicyclic) bond motifs is 1. The summed E-state index contributed by atoms with van der Waals surface area (Å²) in [6, 6.07) is 10.5. The normalized spacial score (nSPS) is 10.6. The maximum atomic E-state index is 13.3. The molecule has 0 bridgehead atoms. The smallest absolute Gasteiger partial charge is 0.183 e. The van der Waals surface area contributed by atoms with Crippen LogP contribution in [0.1, 0.15) is 5.56 Å². The molecule has 0 aliphatic heterocycles. The minimum absolute atomic E-state index is 0. The van der Waals surface area contributed by atoms with Gasteiger partial charge in [0.05, 0.1) is 19.9 Å². The van der Waals surface area contributed by atoms with Crippen LogP contribution in [0.2, 0.25) is 0 Å². The first-order valence-corrected chi connectivity index (χ1v) is 9.73. The third kappa shape index (κ3) is 4.54. The van der Waals surface area contributed by atoms with Gasteiger partial charge in [0, 0.05) is 40.7 Å². The lowest BCUT2D eigenvalue weighted by atomic mass is 10.1. The van der Waals surface area contributed by atoms with Crippen molar-refractivity contribution in [2.24, 2.45) is 0 Å². The predicted molar refractivity (Wildman–Crippen MR) is 121 cm³/mol. The highest BCUT2D eigenvalue weighted by Crippen LogP contribution is 2.34. The van der Waals surface area contributed by atoms with Crippen molar-refractivity contribution in [3.63, 3.8) is 0 Å². The SMILES string of the molecule is Br.COc1ccc(-c2csc(NCCc3c[nH]c4cc(F)ccc34)n2)c(OC)c1. The van der Waals surface area contributed by atoms with Crippen molar-refractivity contribution in [3.05, 3.63) is 59.4 Å². The van der Waals surface area contributed by atoms with Crippen molar-refractivity contribution >= 4 is 44.4 Å². The maximum Gasteiger partial charge on any atom is 0.183 e. The molecule has 2 aromatic carbocycles. The van der Waals surface area contributed by atoms with Gasteiger partial charge in [0.15, 0.2) is 5.13 Å². The Bertz CT molecular complexity index is 1110. The summed E-state index contributed by atoms with van der Waals surface area (Å²) in [6.07, 6.45) is 2.74. The van der Waals surface area contributed by atoms with Crippen LogP contribution in [0.3, 0.4) is 0 Å². The number of methoxy groups -OCH3 is 2. The van der Waals surface area contributed by atoms with Gasteiger partial charge < -0.3 is 19.8 Å². The number of aromatic nitrogens is 2. The van der Waals surface area contributed by atoms with Crippen LogP contribution in [-0.2, 0) is 6.42 Å². The molecular weight excluding hydrogens is 457 g/mol. The Balaban J connectivity index is 0.00000240. The molecule has 0 amide bonds. The van der Waals surface area contributed by atoms with E-state index in [9.17, 15) is 4.39 Å². The van der Waals surface area contributed by atoms with E-state index in [2.05, 4.69) is 15.3 Å². The summed E-state index contributed by atoms with van der Waals surface area (Å²) in [4.78, 5) is 7.79. The number of hydrogen-bond donors (Lipinski definition) is 2. The Morgan fingerprint density at radius 2 is 2.00 bits per heavy atom. The maximum absolute atomic E-state index is 13.3. The minimum Gasteiger partial charge on any atom is -0.497 e. The van der Waals surface area contributed by atoms with Crippen LogP contribution in [0, 0.1) is 5.82 Å². The van der Waals surface area contributed by atoms with Gasteiger partial charge in [-0.2, -0.15) is 0 Å². The monoisotopic (exact) mass is 477 g/mol. The molecule has 0 aliphatic carbocycles. The molecule has 0 saturated carbocycles. The molecule has 0 fully saturated rings. The number of nitrogens with one attached hydrogen (secondary N) is 2. The Hall–Kier alpha value is -2.58. The highest BCUT2D eigenvalue weighted by atomic mass is 79.9. The molecule has 2 heterocycles. The average Bonchev–Trinajstić information content (AvgIpc) is 3.34. The van der Waals surface area contributed by atoms with E-state index in [1.54, 1.807) is 25.6 Å². The van der Waals surface area contributed by atoms with E-state index in [4.69, 9.17) is 9.47 Å². The summed E-state index contributed by atoms with van der Waals surface area (Å²) >= 11 is 1.55. The molecule has 5 nitrogen and oxygen atoms in total. The van der Waals surface area contributed by atoms with Crippen LogP contribution in [0.25, 0.3) is 22.2 Å². The van der Waals surface area contributed by atoms with Crippen LogP contribution in [0.5, 0.6) is 11.5 Å². The van der Waals surface area contributed by atoms with Crippen molar-refractivity contribution in [2.75, 3.05) is 26.1 Å². The number of aromatic amines is 1. The van der Waals surface area contributed by atoms with Gasteiger partial charge in [-0.05, 0) is 42.3 Å². The summed E-state index contributed by atoms with van der Waals surface area (Å²) in [5.74, 6) is 1.23. The van der Waals surface area contributed by atoms with Gasteiger partial charge >= 0.3 is 0 Å². The first-order chi connectivity index (χ1) is 13.7. The number of H-pyrrole nitrogens is 1. The van der Waals surface area contributed by atoms with Crippen molar-refractivity contribution in [3.8, 4) is 22.8 Å². The number of ether oxygens (including phenoxy) is 2. The van der Waals surface area contributed by atoms with Crippen LogP contribution in [0.4, 0.5) is 9.52 Å². The topological polar surface area (TPSA) is 59.2 Å². The fourth-order valence-corrected chi connectivity index (χ4v) is 3.90. The molecule has 2 aromatic heterocycles. The first-order valence-electron chi connectivity index (χ1n) is 8.85. The molecule has 0 saturated heterocycles. The molecule has 2 N–H and O–H groups in total. The van der Waals surface area contributed by atoms with E-state index in [-0.39, 0.29) is 22.8 Å². The largest absolute Gasteiger partial charge is 0.497 e. The fraction of sp³-hybridized carbons (Fsp3) is 0.190. The summed E-state index contributed by atoms with van der Waals surface area (Å²) in [6.45, 7) is 0.733. The molecule has 0 spiro atoms. The Labute approximate surface area is 182 Å². The van der Waals surface area contributed by atoms with Crippen LogP contribution in [0.15, 0.2) is 48.0 Å². The van der Waals surface area contributed by atoms with E-state index in [0.717, 1.165) is 57.3 Å².